The number of rotatable bonds is 18. The highest BCUT2D eigenvalue weighted by atomic mass is 16.5. The van der Waals surface area contributed by atoms with E-state index in [-0.39, 0.29) is 18.2 Å². The predicted molar refractivity (Wildman–Crippen MR) is 174 cm³/mol. The van der Waals surface area contributed by atoms with Crippen LogP contribution in [-0.4, -0.2) is 144 Å². The number of hydrogen-bond acceptors (Lipinski definition) is 11. The van der Waals surface area contributed by atoms with Gasteiger partial charge in [-0.25, -0.2) is 0 Å². The van der Waals surface area contributed by atoms with Gasteiger partial charge in [-0.3, -0.25) is 19.4 Å². The van der Waals surface area contributed by atoms with Crippen molar-refractivity contribution in [1.82, 2.24) is 20.4 Å². The molecule has 1 aliphatic rings. The van der Waals surface area contributed by atoms with Crippen molar-refractivity contribution >= 4 is 11.9 Å². The summed E-state index contributed by atoms with van der Waals surface area (Å²) in [6.07, 6.45) is 2.13. The lowest BCUT2D eigenvalue weighted by Crippen LogP contribution is -2.52. The largest absolute Gasteiger partial charge is 0.491 e. The summed E-state index contributed by atoms with van der Waals surface area (Å²) in [5.41, 5.74) is 0.790. The van der Waals surface area contributed by atoms with E-state index in [1.54, 1.807) is 0 Å². The Hall–Kier alpha value is -2.32. The number of aryl methyl sites for hydroxylation is 1. The lowest BCUT2D eigenvalue weighted by atomic mass is 10.0. The van der Waals surface area contributed by atoms with Gasteiger partial charge in [0, 0.05) is 59.0 Å². The van der Waals surface area contributed by atoms with Crippen LogP contribution < -0.4 is 15.4 Å². The van der Waals surface area contributed by atoms with Crippen LogP contribution in [0.5, 0.6) is 5.75 Å². The Balaban J connectivity index is 1.82. The number of esters is 1. The number of benzene rings is 1. The highest BCUT2D eigenvalue weighted by Crippen LogP contribution is 2.16. The molecule has 0 spiro atoms. The van der Waals surface area contributed by atoms with Gasteiger partial charge in [0.05, 0.1) is 39.1 Å². The molecule has 0 bridgehead atoms. The van der Waals surface area contributed by atoms with Crippen LogP contribution in [0.4, 0.5) is 0 Å². The molecule has 0 aromatic heterocycles. The maximum absolute atomic E-state index is 12.6. The van der Waals surface area contributed by atoms with E-state index < -0.39 is 18.1 Å². The van der Waals surface area contributed by atoms with E-state index >= 15 is 0 Å². The van der Waals surface area contributed by atoms with Crippen molar-refractivity contribution in [2.24, 2.45) is 0 Å². The predicted octanol–water partition coefficient (Wildman–Crippen LogP) is 2.05. The van der Waals surface area contributed by atoms with Gasteiger partial charge in [-0.2, -0.15) is 0 Å². The van der Waals surface area contributed by atoms with Gasteiger partial charge in [-0.15, -0.1) is 0 Å². The zero-order valence-corrected chi connectivity index (χ0v) is 28.2. The number of hydrogen-bond donors (Lipinski definition) is 3. The number of nitrogens with one attached hydrogen (secondary N) is 2. The molecule has 2 atom stereocenters. The maximum atomic E-state index is 12.6. The van der Waals surface area contributed by atoms with Gasteiger partial charge in [0.15, 0.2) is 0 Å². The Labute approximate surface area is 270 Å². The number of methoxy groups -OCH3 is 1. The lowest BCUT2D eigenvalue weighted by molar-refractivity contribution is -0.151. The molecule has 12 nitrogen and oxygen atoms in total. The molecule has 258 valence electrons. The zero-order chi connectivity index (χ0) is 32.9. The van der Waals surface area contributed by atoms with Gasteiger partial charge < -0.3 is 39.4 Å². The molecule has 1 aromatic carbocycles. The minimum Gasteiger partial charge on any atom is -0.491 e. The topological polar surface area (TPSA) is 131 Å². The van der Waals surface area contributed by atoms with Gasteiger partial charge in [-0.05, 0) is 64.7 Å². The van der Waals surface area contributed by atoms with Crippen molar-refractivity contribution in [3.63, 3.8) is 0 Å². The van der Waals surface area contributed by atoms with Gasteiger partial charge >= 0.3 is 11.9 Å². The van der Waals surface area contributed by atoms with Crippen LogP contribution in [0.1, 0.15) is 46.1 Å². The quantitative estimate of drug-likeness (QED) is 0.161. The molecular formula is C33H58N4O8. The van der Waals surface area contributed by atoms with Crippen molar-refractivity contribution in [2.75, 3.05) is 99.1 Å². The van der Waals surface area contributed by atoms with E-state index in [0.717, 1.165) is 24.2 Å². The summed E-state index contributed by atoms with van der Waals surface area (Å²) in [6, 6.07) is 6.92. The summed E-state index contributed by atoms with van der Waals surface area (Å²) in [5, 5.41) is 17.0. The lowest BCUT2D eigenvalue weighted by Gasteiger charge is -2.33. The fraction of sp³-hybridized carbons (Fsp3) is 0.758. The first-order chi connectivity index (χ1) is 21.6. The third kappa shape index (κ3) is 16.7. The molecule has 0 unspecified atom stereocenters. The minimum atomic E-state index is -0.791. The summed E-state index contributed by atoms with van der Waals surface area (Å²) in [4.78, 5) is 29.1. The SMILES string of the molecule is CCOCCOCCOc1ccc(CCC[C@@H](C(=O)O)N2CCNCCN([C@H](COC(C)(C)C)C(=O)OC)CCNCC2)cc1. The van der Waals surface area contributed by atoms with Crippen LogP contribution in [0.15, 0.2) is 24.3 Å². The molecule has 1 saturated heterocycles. The highest BCUT2D eigenvalue weighted by Gasteiger charge is 2.29. The number of aliphatic carboxylic acids is 1. The van der Waals surface area contributed by atoms with Crippen molar-refractivity contribution in [1.29, 1.82) is 0 Å². The number of carboxylic acid groups (broad SMARTS) is 1. The van der Waals surface area contributed by atoms with Crippen LogP contribution in [0.3, 0.4) is 0 Å². The van der Waals surface area contributed by atoms with Crippen molar-refractivity contribution in [2.45, 2.75) is 64.6 Å². The van der Waals surface area contributed by atoms with Gasteiger partial charge in [0.2, 0.25) is 0 Å². The fourth-order valence-corrected chi connectivity index (χ4v) is 5.07. The third-order valence-corrected chi connectivity index (χ3v) is 7.56. The molecule has 0 saturated carbocycles. The fourth-order valence-electron chi connectivity index (χ4n) is 5.07. The first kappa shape index (κ1) is 38.9. The molecule has 1 fully saturated rings. The number of ether oxygens (including phenoxy) is 5. The molecule has 0 aliphatic carbocycles. The number of carbonyl (C=O) groups is 2. The number of carbonyl (C=O) groups excluding carboxylic acids is 1. The summed E-state index contributed by atoms with van der Waals surface area (Å²) < 4.78 is 27.5. The normalized spacial score (nSPS) is 17.5. The second kappa shape index (κ2) is 22.2. The van der Waals surface area contributed by atoms with Crippen molar-refractivity contribution < 1.29 is 38.4 Å². The van der Waals surface area contributed by atoms with E-state index in [0.29, 0.717) is 91.8 Å². The van der Waals surface area contributed by atoms with Gasteiger partial charge in [0.1, 0.15) is 24.4 Å². The van der Waals surface area contributed by atoms with E-state index in [9.17, 15) is 14.7 Å². The minimum absolute atomic E-state index is 0.257. The second-order valence-corrected chi connectivity index (χ2v) is 12.1. The average Bonchev–Trinajstić information content (AvgIpc) is 3.00. The van der Waals surface area contributed by atoms with E-state index in [1.165, 1.54) is 7.11 Å². The molecule has 0 radical (unpaired) electrons. The molecule has 0 amide bonds. The molecule has 12 heteroatoms. The number of carboxylic acids is 1. The van der Waals surface area contributed by atoms with Crippen LogP contribution in [0, 0.1) is 0 Å². The van der Waals surface area contributed by atoms with E-state index in [2.05, 4.69) is 20.4 Å². The van der Waals surface area contributed by atoms with Gasteiger partial charge in [-0.1, -0.05) is 12.1 Å². The smallest absolute Gasteiger partial charge is 0.325 e. The summed E-state index contributed by atoms with van der Waals surface area (Å²) in [6.45, 7) is 16.1. The van der Waals surface area contributed by atoms with Crippen LogP contribution in [0.25, 0.3) is 0 Å². The first-order valence-electron chi connectivity index (χ1n) is 16.4. The molecule has 1 aromatic rings. The molecule has 2 rings (SSSR count). The molecule has 1 heterocycles. The molecule has 45 heavy (non-hydrogen) atoms. The summed E-state index contributed by atoms with van der Waals surface area (Å²) in [5.74, 6) is -0.307. The number of nitrogens with zero attached hydrogens (tertiary/aromatic N) is 2. The van der Waals surface area contributed by atoms with Crippen LogP contribution in [0.2, 0.25) is 0 Å². The van der Waals surface area contributed by atoms with E-state index in [1.807, 2.05) is 52.0 Å². The molecule has 1 aliphatic heterocycles. The maximum Gasteiger partial charge on any atom is 0.325 e. The zero-order valence-electron chi connectivity index (χ0n) is 28.2. The monoisotopic (exact) mass is 638 g/mol. The molecule has 3 N–H and O–H groups in total. The summed E-state index contributed by atoms with van der Waals surface area (Å²) in [7, 11) is 1.41. The average molecular weight is 639 g/mol. The van der Waals surface area contributed by atoms with Crippen molar-refractivity contribution in [3.05, 3.63) is 29.8 Å². The van der Waals surface area contributed by atoms with E-state index in [4.69, 9.17) is 23.7 Å². The Kier molecular flexibility index (Phi) is 19.2. The standard InChI is InChI=1S/C33H58N4O8/c1-6-42-22-23-43-24-25-44-28-12-10-27(11-13-28)8-7-9-29(31(38)39)36-18-14-34-16-20-37(21-17-35-15-19-36)30(32(40)41-5)26-45-33(2,3)4/h10-13,29-30,34-35H,6-9,14-26H2,1-5H3,(H,38,39)/t29-,30+/m0/s1. The first-order valence-corrected chi connectivity index (χ1v) is 16.4. The Morgan fingerprint density at radius 3 is 1.96 bits per heavy atom. The molecular weight excluding hydrogens is 580 g/mol. The third-order valence-electron chi connectivity index (χ3n) is 7.56. The second-order valence-electron chi connectivity index (χ2n) is 12.1. The van der Waals surface area contributed by atoms with Crippen molar-refractivity contribution in [3.8, 4) is 5.75 Å². The van der Waals surface area contributed by atoms with Crippen LogP contribution >= 0.6 is 0 Å². The Morgan fingerprint density at radius 2 is 1.42 bits per heavy atom. The summed E-state index contributed by atoms with van der Waals surface area (Å²) >= 11 is 0. The Bertz CT molecular complexity index is 930. The Morgan fingerprint density at radius 1 is 0.867 bits per heavy atom. The van der Waals surface area contributed by atoms with Gasteiger partial charge in [0.25, 0.3) is 0 Å². The highest BCUT2D eigenvalue weighted by molar-refractivity contribution is 5.75. The van der Waals surface area contributed by atoms with Crippen LogP contribution in [-0.2, 0) is 35.0 Å².